The number of aliphatic hydroxyl groups is 1. The molecule has 1 aromatic heterocycles. The van der Waals surface area contributed by atoms with Crippen LogP contribution in [0.4, 0.5) is 8.78 Å². The molecule has 1 N–H and O–H groups in total. The van der Waals surface area contributed by atoms with E-state index in [2.05, 4.69) is 4.98 Å². The molecule has 1 heterocycles. The third-order valence-corrected chi connectivity index (χ3v) is 7.03. The van der Waals surface area contributed by atoms with Crippen molar-refractivity contribution in [1.82, 2.24) is 9.88 Å². The first-order valence-corrected chi connectivity index (χ1v) is 12.9. The summed E-state index contributed by atoms with van der Waals surface area (Å²) in [7, 11) is 8.24. The summed E-state index contributed by atoms with van der Waals surface area (Å²) in [5.74, 6) is -1.50. The van der Waals surface area contributed by atoms with Crippen molar-refractivity contribution in [3.8, 4) is 28.5 Å². The molecule has 2 unspecified atom stereocenters. The highest BCUT2D eigenvalue weighted by Crippen LogP contribution is 2.52. The Kier molecular flexibility index (Phi) is 9.02. The Morgan fingerprint density at radius 1 is 0.825 bits per heavy atom. The first-order chi connectivity index (χ1) is 19.2. The number of para-hydroxylation sites is 1. The maximum atomic E-state index is 14.7. The number of aromatic nitrogens is 1. The highest BCUT2D eigenvalue weighted by atomic mass is 19.1. The van der Waals surface area contributed by atoms with Crippen LogP contribution in [0.1, 0.15) is 29.0 Å². The maximum absolute atomic E-state index is 14.7. The predicted octanol–water partition coefficient (Wildman–Crippen LogP) is 6.02. The smallest absolute Gasteiger partial charge is 0.219 e. The van der Waals surface area contributed by atoms with Gasteiger partial charge >= 0.3 is 0 Å². The van der Waals surface area contributed by atoms with Crippen LogP contribution in [0.2, 0.25) is 0 Å². The number of nitrogens with zero attached hydrogens (tertiary/aromatic N) is 2. The van der Waals surface area contributed by atoms with Gasteiger partial charge in [-0.25, -0.2) is 13.8 Å². The van der Waals surface area contributed by atoms with Gasteiger partial charge in [0.05, 0.1) is 26.9 Å². The molecule has 0 saturated heterocycles. The number of hydrogen-bond acceptors (Lipinski definition) is 6. The fourth-order valence-corrected chi connectivity index (χ4v) is 5.16. The van der Waals surface area contributed by atoms with Crippen LogP contribution in [-0.2, 0) is 5.60 Å². The Morgan fingerprint density at radius 2 is 1.52 bits per heavy atom. The monoisotopic (exact) mass is 548 g/mol. The number of benzene rings is 3. The van der Waals surface area contributed by atoms with E-state index < -0.39 is 23.2 Å². The number of rotatable bonds is 11. The number of halogens is 2. The van der Waals surface area contributed by atoms with E-state index in [0.717, 1.165) is 17.2 Å². The highest BCUT2D eigenvalue weighted by molar-refractivity contribution is 5.66. The largest absolute Gasteiger partial charge is 0.493 e. The third kappa shape index (κ3) is 5.78. The Balaban J connectivity index is 2.11. The van der Waals surface area contributed by atoms with Gasteiger partial charge in [-0.2, -0.15) is 0 Å². The minimum atomic E-state index is -1.93. The summed E-state index contributed by atoms with van der Waals surface area (Å²) < 4.78 is 46.4. The van der Waals surface area contributed by atoms with Gasteiger partial charge in [0.1, 0.15) is 17.2 Å². The van der Waals surface area contributed by atoms with Gasteiger partial charge in [-0.3, -0.25) is 0 Å². The van der Waals surface area contributed by atoms with E-state index in [1.165, 1.54) is 33.5 Å². The Morgan fingerprint density at radius 3 is 2.12 bits per heavy atom. The molecule has 0 aliphatic heterocycles. The first-order valence-electron chi connectivity index (χ1n) is 12.9. The molecule has 2 atom stereocenters. The normalized spacial score (nSPS) is 13.5. The average Bonchev–Trinajstić information content (AvgIpc) is 2.96. The van der Waals surface area contributed by atoms with Crippen LogP contribution >= 0.6 is 0 Å². The average molecular weight is 549 g/mol. The molecule has 4 rings (SSSR count). The third-order valence-electron chi connectivity index (χ3n) is 7.03. The summed E-state index contributed by atoms with van der Waals surface area (Å²) in [6, 6.07) is 19.9. The lowest BCUT2D eigenvalue weighted by molar-refractivity contribution is 0.0377. The van der Waals surface area contributed by atoms with Crippen LogP contribution in [0.25, 0.3) is 11.1 Å². The van der Waals surface area contributed by atoms with E-state index >= 15 is 0 Å². The molecule has 0 fully saturated rings. The van der Waals surface area contributed by atoms with Crippen molar-refractivity contribution in [3.05, 3.63) is 107 Å². The van der Waals surface area contributed by atoms with E-state index in [9.17, 15) is 13.9 Å². The van der Waals surface area contributed by atoms with Crippen LogP contribution in [0.5, 0.6) is 17.4 Å². The van der Waals surface area contributed by atoms with Gasteiger partial charge in [0.2, 0.25) is 5.88 Å². The zero-order chi connectivity index (χ0) is 28.9. The highest BCUT2D eigenvalue weighted by Gasteiger charge is 2.46. The van der Waals surface area contributed by atoms with Crippen LogP contribution in [0, 0.1) is 11.6 Å². The van der Waals surface area contributed by atoms with Crippen molar-refractivity contribution in [2.75, 3.05) is 42.0 Å². The topological polar surface area (TPSA) is 64.0 Å². The van der Waals surface area contributed by atoms with Crippen molar-refractivity contribution in [2.45, 2.75) is 17.9 Å². The summed E-state index contributed by atoms with van der Waals surface area (Å²) >= 11 is 0. The van der Waals surface area contributed by atoms with E-state index in [0.29, 0.717) is 29.8 Å². The molecule has 3 aromatic carbocycles. The lowest BCUT2D eigenvalue weighted by Gasteiger charge is -2.39. The fraction of sp³-hybridized carbons (Fsp3) is 0.281. The molecule has 0 spiro atoms. The minimum Gasteiger partial charge on any atom is -0.493 e. The summed E-state index contributed by atoms with van der Waals surface area (Å²) in [5, 5.41) is 13.2. The molecule has 0 aliphatic carbocycles. The van der Waals surface area contributed by atoms with Crippen LogP contribution in [0.3, 0.4) is 0 Å². The number of hydrogen-bond donors (Lipinski definition) is 1. The number of methoxy groups -OCH3 is 3. The molecule has 8 heteroatoms. The quantitative estimate of drug-likeness (QED) is 0.247. The standard InChI is InChI=1S/C32H34F2N2O4/c1-36(2)15-14-26(22-16-24(33)19-25(34)17-22)32(37,27-12-9-13-29(38-3)30(27)39-4)28-18-23(20-35-31(28)40-5)21-10-7-6-8-11-21/h6-13,16-20,26,37H,14-15H2,1-5H3. The van der Waals surface area contributed by atoms with Gasteiger partial charge < -0.3 is 24.2 Å². The van der Waals surface area contributed by atoms with Gasteiger partial charge in [-0.15, -0.1) is 0 Å². The minimum absolute atomic E-state index is 0.166. The first kappa shape index (κ1) is 29.0. The van der Waals surface area contributed by atoms with E-state index in [4.69, 9.17) is 14.2 Å². The van der Waals surface area contributed by atoms with Crippen LogP contribution in [-0.4, -0.2) is 57.0 Å². The summed E-state index contributed by atoms with van der Waals surface area (Å²) in [4.78, 5) is 6.50. The predicted molar refractivity (Wildman–Crippen MR) is 151 cm³/mol. The lowest BCUT2D eigenvalue weighted by Crippen LogP contribution is -2.38. The molecule has 6 nitrogen and oxygen atoms in total. The molecule has 0 radical (unpaired) electrons. The second-order valence-electron chi connectivity index (χ2n) is 9.80. The summed E-state index contributed by atoms with van der Waals surface area (Å²) in [5.41, 5.74) is 0.608. The molecule has 210 valence electrons. The second-order valence-corrected chi connectivity index (χ2v) is 9.80. The van der Waals surface area contributed by atoms with Gasteiger partial charge in [0.25, 0.3) is 0 Å². The molecule has 0 bridgehead atoms. The molecule has 4 aromatic rings. The van der Waals surface area contributed by atoms with Gasteiger partial charge in [0, 0.05) is 29.3 Å². The zero-order valence-electron chi connectivity index (χ0n) is 23.3. The van der Waals surface area contributed by atoms with E-state index in [1.807, 2.05) is 49.3 Å². The van der Waals surface area contributed by atoms with Gasteiger partial charge in [0.15, 0.2) is 11.5 Å². The molecule has 40 heavy (non-hydrogen) atoms. The molecular weight excluding hydrogens is 514 g/mol. The van der Waals surface area contributed by atoms with Crippen molar-refractivity contribution in [2.24, 2.45) is 0 Å². The lowest BCUT2D eigenvalue weighted by atomic mass is 9.70. The molecular formula is C32H34F2N2O4. The number of ether oxygens (including phenoxy) is 3. The van der Waals surface area contributed by atoms with Gasteiger partial charge in [-0.05, 0) is 62.5 Å². The Bertz CT molecular complexity index is 1430. The van der Waals surface area contributed by atoms with Crippen LogP contribution < -0.4 is 14.2 Å². The van der Waals surface area contributed by atoms with Crippen molar-refractivity contribution < 1.29 is 28.1 Å². The van der Waals surface area contributed by atoms with Crippen molar-refractivity contribution in [1.29, 1.82) is 0 Å². The van der Waals surface area contributed by atoms with Crippen molar-refractivity contribution in [3.63, 3.8) is 0 Å². The van der Waals surface area contributed by atoms with Crippen molar-refractivity contribution >= 4 is 0 Å². The van der Waals surface area contributed by atoms with E-state index in [1.54, 1.807) is 30.5 Å². The molecule has 0 amide bonds. The maximum Gasteiger partial charge on any atom is 0.219 e. The summed E-state index contributed by atoms with van der Waals surface area (Å²) in [6.45, 7) is 0.505. The Hall–Kier alpha value is -4.01. The summed E-state index contributed by atoms with van der Waals surface area (Å²) in [6.07, 6.45) is 1.99. The molecule has 0 saturated carbocycles. The SMILES string of the molecule is COc1cccc(C(O)(c2cc(-c3ccccc3)cnc2OC)C(CCN(C)C)c2cc(F)cc(F)c2)c1OC. The number of pyridine rings is 1. The van der Waals surface area contributed by atoms with E-state index in [-0.39, 0.29) is 17.2 Å². The zero-order valence-corrected chi connectivity index (χ0v) is 23.3. The van der Waals surface area contributed by atoms with Crippen LogP contribution in [0.15, 0.2) is 79.0 Å². The van der Waals surface area contributed by atoms with Gasteiger partial charge in [-0.1, -0.05) is 42.5 Å². The molecule has 0 aliphatic rings. The fourth-order valence-electron chi connectivity index (χ4n) is 5.16. The Labute approximate surface area is 233 Å². The second kappa shape index (κ2) is 12.4.